The number of rotatable bonds is 5. The van der Waals surface area contributed by atoms with Crippen LogP contribution in [0.15, 0.2) is 10.8 Å². The number of aryl methyl sites for hydroxylation is 1. The van der Waals surface area contributed by atoms with E-state index >= 15 is 0 Å². The summed E-state index contributed by atoms with van der Waals surface area (Å²) in [6.07, 6.45) is 1.34. The Morgan fingerprint density at radius 3 is 2.57 bits per heavy atom. The van der Waals surface area contributed by atoms with Crippen LogP contribution in [0.2, 0.25) is 0 Å². The summed E-state index contributed by atoms with van der Waals surface area (Å²) in [6.45, 7) is 4.04. The predicted molar refractivity (Wildman–Crippen MR) is 59.5 cm³/mol. The first-order valence-corrected chi connectivity index (χ1v) is 6.00. The van der Waals surface area contributed by atoms with Gasteiger partial charge in [0.15, 0.2) is 0 Å². The van der Waals surface area contributed by atoms with Crippen LogP contribution in [0.4, 0.5) is 0 Å². The molecule has 2 atom stereocenters. The van der Waals surface area contributed by atoms with E-state index in [-0.39, 0.29) is 0 Å². The molecule has 1 rings (SSSR count). The Morgan fingerprint density at radius 1 is 1.36 bits per heavy atom. The molecule has 1 heterocycles. The zero-order valence-corrected chi connectivity index (χ0v) is 9.55. The van der Waals surface area contributed by atoms with E-state index in [4.69, 9.17) is 0 Å². The third-order valence-electron chi connectivity index (χ3n) is 2.43. The zero-order valence-electron chi connectivity index (χ0n) is 8.73. The molecule has 0 bridgehead atoms. The van der Waals surface area contributed by atoms with Gasteiger partial charge < -0.3 is 10.2 Å². The van der Waals surface area contributed by atoms with Crippen molar-refractivity contribution in [2.24, 2.45) is 0 Å². The van der Waals surface area contributed by atoms with Gasteiger partial charge in [0.25, 0.3) is 0 Å². The minimum absolute atomic E-state index is 0.622. The Hall–Kier alpha value is -0.380. The molecular weight excluding hydrogens is 196 g/mol. The predicted octanol–water partition coefficient (Wildman–Crippen LogP) is 2.64. The molecule has 0 saturated carbocycles. The molecule has 3 heteroatoms. The molecule has 1 aromatic rings. The van der Waals surface area contributed by atoms with Crippen LogP contribution in [0.5, 0.6) is 0 Å². The van der Waals surface area contributed by atoms with E-state index < -0.39 is 12.2 Å². The van der Waals surface area contributed by atoms with Gasteiger partial charge in [0, 0.05) is 0 Å². The van der Waals surface area contributed by atoms with E-state index in [0.717, 1.165) is 24.0 Å². The van der Waals surface area contributed by atoms with Crippen molar-refractivity contribution >= 4 is 11.3 Å². The molecule has 0 aromatic carbocycles. The van der Waals surface area contributed by atoms with Gasteiger partial charge in [-0.15, -0.1) is 0 Å². The van der Waals surface area contributed by atoms with Crippen LogP contribution in [-0.4, -0.2) is 16.3 Å². The van der Waals surface area contributed by atoms with Crippen molar-refractivity contribution in [1.29, 1.82) is 0 Å². The zero-order chi connectivity index (χ0) is 10.6. The first-order valence-electron chi connectivity index (χ1n) is 5.05. The molecule has 0 fully saturated rings. The van der Waals surface area contributed by atoms with Crippen molar-refractivity contribution < 1.29 is 10.2 Å². The second-order valence-electron chi connectivity index (χ2n) is 3.66. The molecule has 0 aliphatic rings. The summed E-state index contributed by atoms with van der Waals surface area (Å²) in [7, 11) is 0. The number of aliphatic hydroxyl groups is 2. The van der Waals surface area contributed by atoms with E-state index in [1.807, 2.05) is 17.7 Å². The highest BCUT2D eigenvalue weighted by molar-refractivity contribution is 7.08. The van der Waals surface area contributed by atoms with Crippen LogP contribution >= 0.6 is 11.3 Å². The summed E-state index contributed by atoms with van der Waals surface area (Å²) in [5, 5.41) is 23.4. The molecule has 1 aromatic heterocycles. The minimum Gasteiger partial charge on any atom is -0.390 e. The average molecular weight is 214 g/mol. The lowest BCUT2D eigenvalue weighted by atomic mass is 10.0. The lowest BCUT2D eigenvalue weighted by Gasteiger charge is -2.17. The molecule has 0 amide bonds. The second kappa shape index (κ2) is 5.49. The molecule has 0 saturated heterocycles. The molecule has 0 aliphatic heterocycles. The Labute approximate surface area is 89.2 Å². The van der Waals surface area contributed by atoms with Gasteiger partial charge in [-0.05, 0) is 35.2 Å². The van der Waals surface area contributed by atoms with E-state index in [1.165, 1.54) is 0 Å². The van der Waals surface area contributed by atoms with Crippen molar-refractivity contribution in [3.05, 3.63) is 21.9 Å². The van der Waals surface area contributed by atoms with Gasteiger partial charge in [0.05, 0.1) is 6.10 Å². The number of hydrogen-bond acceptors (Lipinski definition) is 3. The SMILES string of the molecule is CCCC[C@@H](O)[C@H](O)c1cscc1C. The fraction of sp³-hybridized carbons (Fsp3) is 0.636. The van der Waals surface area contributed by atoms with Crippen molar-refractivity contribution in [3.63, 3.8) is 0 Å². The molecule has 0 aliphatic carbocycles. The number of hydrogen-bond donors (Lipinski definition) is 2. The van der Waals surface area contributed by atoms with Gasteiger partial charge in [-0.1, -0.05) is 19.8 Å². The number of aliphatic hydroxyl groups excluding tert-OH is 2. The third kappa shape index (κ3) is 2.80. The maximum atomic E-state index is 9.84. The minimum atomic E-state index is -0.715. The van der Waals surface area contributed by atoms with Gasteiger partial charge in [0.2, 0.25) is 0 Å². The van der Waals surface area contributed by atoms with E-state index in [0.29, 0.717) is 6.42 Å². The summed E-state index contributed by atoms with van der Waals surface area (Å²) in [4.78, 5) is 0. The van der Waals surface area contributed by atoms with Gasteiger partial charge in [-0.2, -0.15) is 11.3 Å². The highest BCUT2D eigenvalue weighted by Gasteiger charge is 2.19. The number of unbranched alkanes of at least 4 members (excludes halogenated alkanes) is 1. The summed E-state index contributed by atoms with van der Waals surface area (Å²) in [5.74, 6) is 0. The van der Waals surface area contributed by atoms with Crippen LogP contribution in [0.1, 0.15) is 43.4 Å². The maximum absolute atomic E-state index is 9.84. The smallest absolute Gasteiger partial charge is 0.106 e. The normalized spacial score (nSPS) is 15.4. The summed E-state index contributed by atoms with van der Waals surface area (Å²) < 4.78 is 0. The third-order valence-corrected chi connectivity index (χ3v) is 3.31. The summed E-state index contributed by atoms with van der Waals surface area (Å²) in [6, 6.07) is 0. The fourth-order valence-electron chi connectivity index (χ4n) is 1.45. The second-order valence-corrected chi connectivity index (χ2v) is 4.41. The lowest BCUT2D eigenvalue weighted by Crippen LogP contribution is -2.18. The molecule has 80 valence electrons. The van der Waals surface area contributed by atoms with Gasteiger partial charge in [-0.3, -0.25) is 0 Å². The van der Waals surface area contributed by atoms with Crippen LogP contribution < -0.4 is 0 Å². The first-order chi connectivity index (χ1) is 6.66. The Morgan fingerprint density at radius 2 is 2.07 bits per heavy atom. The summed E-state index contributed by atoms with van der Waals surface area (Å²) >= 11 is 1.56. The molecule has 0 spiro atoms. The molecule has 0 unspecified atom stereocenters. The van der Waals surface area contributed by atoms with Crippen molar-refractivity contribution in [2.75, 3.05) is 0 Å². The summed E-state index contributed by atoms with van der Waals surface area (Å²) in [5.41, 5.74) is 1.94. The van der Waals surface area contributed by atoms with Gasteiger partial charge in [0.1, 0.15) is 6.10 Å². The van der Waals surface area contributed by atoms with E-state index in [1.54, 1.807) is 11.3 Å². The van der Waals surface area contributed by atoms with Crippen LogP contribution in [-0.2, 0) is 0 Å². The monoisotopic (exact) mass is 214 g/mol. The highest BCUT2D eigenvalue weighted by atomic mass is 32.1. The quantitative estimate of drug-likeness (QED) is 0.791. The van der Waals surface area contributed by atoms with E-state index in [9.17, 15) is 10.2 Å². The van der Waals surface area contributed by atoms with Crippen molar-refractivity contribution in [3.8, 4) is 0 Å². The highest BCUT2D eigenvalue weighted by Crippen LogP contribution is 2.26. The molecule has 2 nitrogen and oxygen atoms in total. The van der Waals surface area contributed by atoms with Crippen molar-refractivity contribution in [1.82, 2.24) is 0 Å². The lowest BCUT2D eigenvalue weighted by molar-refractivity contribution is 0.0121. The van der Waals surface area contributed by atoms with Crippen LogP contribution in [0.25, 0.3) is 0 Å². The number of thiophene rings is 1. The molecule has 0 radical (unpaired) electrons. The van der Waals surface area contributed by atoms with Crippen molar-refractivity contribution in [2.45, 2.75) is 45.3 Å². The Bertz CT molecular complexity index is 270. The Kier molecular flexibility index (Phi) is 4.58. The Balaban J connectivity index is 2.56. The standard InChI is InChI=1S/C11H18O2S/c1-3-4-5-10(12)11(13)9-7-14-6-8(9)2/h6-7,10-13H,3-5H2,1-2H3/t10-,11-/m1/s1. The topological polar surface area (TPSA) is 40.5 Å². The van der Waals surface area contributed by atoms with Gasteiger partial charge >= 0.3 is 0 Å². The maximum Gasteiger partial charge on any atom is 0.106 e. The first kappa shape index (κ1) is 11.7. The fourth-order valence-corrected chi connectivity index (χ4v) is 2.33. The average Bonchev–Trinajstić information content (AvgIpc) is 2.59. The largest absolute Gasteiger partial charge is 0.390 e. The van der Waals surface area contributed by atoms with E-state index in [2.05, 4.69) is 6.92 Å². The molecule has 14 heavy (non-hydrogen) atoms. The van der Waals surface area contributed by atoms with Gasteiger partial charge in [-0.25, -0.2) is 0 Å². The molecular formula is C11H18O2S. The molecule has 2 N–H and O–H groups in total. The van der Waals surface area contributed by atoms with Crippen LogP contribution in [0, 0.1) is 6.92 Å². The van der Waals surface area contributed by atoms with Crippen LogP contribution in [0.3, 0.4) is 0 Å².